The molecule has 0 fully saturated rings. The molecule has 1 heterocycles. The van der Waals surface area contributed by atoms with Gasteiger partial charge in [-0.05, 0) is 12.5 Å². The first-order valence-corrected chi connectivity index (χ1v) is 7.31. The molecule has 0 bridgehead atoms. The molecule has 6 nitrogen and oxygen atoms in total. The number of nitrogens with one attached hydrogen (secondary N) is 1. The fourth-order valence-electron chi connectivity index (χ4n) is 2.24. The van der Waals surface area contributed by atoms with Crippen LogP contribution < -0.4 is 5.32 Å². The van der Waals surface area contributed by atoms with Crippen molar-refractivity contribution in [2.24, 2.45) is 5.10 Å². The van der Waals surface area contributed by atoms with Crippen LogP contribution in [0.2, 0.25) is 0 Å². The van der Waals surface area contributed by atoms with Gasteiger partial charge in [-0.15, -0.1) is 0 Å². The number of hydrazone groups is 1. The van der Waals surface area contributed by atoms with E-state index < -0.39 is 0 Å². The zero-order chi connectivity index (χ0) is 15.9. The van der Waals surface area contributed by atoms with Crippen molar-refractivity contribution >= 4 is 17.5 Å². The molecule has 0 spiro atoms. The van der Waals surface area contributed by atoms with Gasteiger partial charge < -0.3 is 10.1 Å². The lowest BCUT2D eigenvalue weighted by molar-refractivity contribution is -0.132. The van der Waals surface area contributed by atoms with Gasteiger partial charge in [-0.2, -0.15) is 5.10 Å². The Labute approximate surface area is 130 Å². The monoisotopic (exact) mass is 303 g/mol. The second-order valence-electron chi connectivity index (χ2n) is 5.31. The number of carbonyl (C=O) groups is 2. The number of amides is 2. The first-order valence-electron chi connectivity index (χ1n) is 7.31. The molecular weight excluding hydrogens is 282 g/mol. The molecule has 118 valence electrons. The molecule has 1 N–H and O–H groups in total. The van der Waals surface area contributed by atoms with Crippen molar-refractivity contribution in [3.05, 3.63) is 35.9 Å². The van der Waals surface area contributed by atoms with Crippen LogP contribution >= 0.6 is 0 Å². The van der Waals surface area contributed by atoms with E-state index in [-0.39, 0.29) is 17.9 Å². The van der Waals surface area contributed by atoms with Crippen molar-refractivity contribution < 1.29 is 14.3 Å². The summed E-state index contributed by atoms with van der Waals surface area (Å²) in [6.07, 6.45) is 0.674. The summed E-state index contributed by atoms with van der Waals surface area (Å²) in [5, 5.41) is 8.41. The molecule has 1 unspecified atom stereocenters. The van der Waals surface area contributed by atoms with Gasteiger partial charge in [-0.3, -0.25) is 9.59 Å². The van der Waals surface area contributed by atoms with Crippen LogP contribution in [-0.2, 0) is 20.9 Å². The van der Waals surface area contributed by atoms with Crippen LogP contribution in [0.1, 0.15) is 25.3 Å². The highest BCUT2D eigenvalue weighted by Crippen LogP contribution is 2.13. The van der Waals surface area contributed by atoms with Crippen molar-refractivity contribution in [3.8, 4) is 0 Å². The Bertz CT molecular complexity index is 557. The van der Waals surface area contributed by atoms with Gasteiger partial charge in [0.2, 0.25) is 5.91 Å². The summed E-state index contributed by atoms with van der Waals surface area (Å²) in [4.78, 5) is 24.1. The Morgan fingerprint density at radius 1 is 1.36 bits per heavy atom. The molecule has 0 saturated heterocycles. The maximum absolute atomic E-state index is 12.2. The quantitative estimate of drug-likeness (QED) is 0.861. The number of hydrogen-bond acceptors (Lipinski definition) is 4. The number of nitrogens with zero attached hydrogens (tertiary/aromatic N) is 2. The summed E-state index contributed by atoms with van der Waals surface area (Å²) >= 11 is 0. The Morgan fingerprint density at radius 3 is 2.77 bits per heavy atom. The van der Waals surface area contributed by atoms with Crippen molar-refractivity contribution in [1.29, 1.82) is 0 Å². The van der Waals surface area contributed by atoms with Crippen molar-refractivity contribution in [2.45, 2.75) is 32.4 Å². The third-order valence-corrected chi connectivity index (χ3v) is 3.34. The summed E-state index contributed by atoms with van der Waals surface area (Å²) in [5.74, 6) is -0.305. The van der Waals surface area contributed by atoms with Gasteiger partial charge in [0.25, 0.3) is 5.91 Å². The molecule has 0 radical (unpaired) electrons. The fourth-order valence-corrected chi connectivity index (χ4v) is 2.24. The lowest BCUT2D eigenvalue weighted by Crippen LogP contribution is -2.43. The van der Waals surface area contributed by atoms with Gasteiger partial charge in [-0.1, -0.05) is 30.3 Å². The van der Waals surface area contributed by atoms with E-state index in [1.165, 1.54) is 5.01 Å². The van der Waals surface area contributed by atoms with E-state index in [1.807, 2.05) is 37.3 Å². The number of hydrogen-bond donors (Lipinski definition) is 1. The Balaban J connectivity index is 2.04. The molecule has 1 aliphatic rings. The predicted molar refractivity (Wildman–Crippen MR) is 83.1 cm³/mol. The summed E-state index contributed by atoms with van der Waals surface area (Å²) in [7, 11) is 1.58. The van der Waals surface area contributed by atoms with E-state index in [0.717, 1.165) is 5.56 Å². The second kappa shape index (κ2) is 7.70. The normalized spacial score (nSPS) is 16.2. The average molecular weight is 303 g/mol. The SMILES string of the molecule is COCC(C)NC(=O)C1=NN(Cc2ccccc2)C(=O)CC1. The number of rotatable bonds is 6. The third kappa shape index (κ3) is 4.39. The molecule has 0 saturated carbocycles. The van der Waals surface area contributed by atoms with Gasteiger partial charge in [0.15, 0.2) is 0 Å². The van der Waals surface area contributed by atoms with Crippen molar-refractivity contribution in [2.75, 3.05) is 13.7 Å². The molecule has 22 heavy (non-hydrogen) atoms. The van der Waals surface area contributed by atoms with Gasteiger partial charge in [0, 0.05) is 26.0 Å². The lowest BCUT2D eigenvalue weighted by Gasteiger charge is -2.24. The standard InChI is InChI=1S/C16H21N3O3/c1-12(11-22-2)17-16(21)14-8-9-15(20)19(18-14)10-13-6-4-3-5-7-13/h3-7,12H,8-11H2,1-2H3,(H,17,21). The van der Waals surface area contributed by atoms with E-state index in [0.29, 0.717) is 31.7 Å². The number of benzene rings is 1. The van der Waals surface area contributed by atoms with Crippen molar-refractivity contribution in [1.82, 2.24) is 10.3 Å². The topological polar surface area (TPSA) is 71.0 Å². The lowest BCUT2D eigenvalue weighted by atomic mass is 10.1. The smallest absolute Gasteiger partial charge is 0.267 e. The van der Waals surface area contributed by atoms with E-state index >= 15 is 0 Å². The molecule has 2 amide bonds. The molecular formula is C16H21N3O3. The zero-order valence-corrected chi connectivity index (χ0v) is 12.9. The Morgan fingerprint density at radius 2 is 2.09 bits per heavy atom. The van der Waals surface area contributed by atoms with Crippen molar-refractivity contribution in [3.63, 3.8) is 0 Å². The highest BCUT2D eigenvalue weighted by atomic mass is 16.5. The highest BCUT2D eigenvalue weighted by Gasteiger charge is 2.25. The highest BCUT2D eigenvalue weighted by molar-refractivity contribution is 6.39. The molecule has 6 heteroatoms. The van der Waals surface area contributed by atoms with E-state index in [9.17, 15) is 9.59 Å². The first-order chi connectivity index (χ1) is 10.6. The van der Waals surface area contributed by atoms with Crippen LogP contribution in [0.15, 0.2) is 35.4 Å². The number of methoxy groups -OCH3 is 1. The maximum atomic E-state index is 12.2. The molecule has 1 aliphatic heterocycles. The average Bonchev–Trinajstić information content (AvgIpc) is 2.50. The minimum Gasteiger partial charge on any atom is -0.383 e. The van der Waals surface area contributed by atoms with Crippen LogP contribution in [0.3, 0.4) is 0 Å². The van der Waals surface area contributed by atoms with Crippen LogP contribution in [0, 0.1) is 0 Å². The molecule has 1 atom stereocenters. The largest absolute Gasteiger partial charge is 0.383 e. The number of carbonyl (C=O) groups excluding carboxylic acids is 2. The maximum Gasteiger partial charge on any atom is 0.267 e. The minimum atomic E-state index is -0.241. The van der Waals surface area contributed by atoms with Gasteiger partial charge in [0.05, 0.1) is 13.2 Å². The minimum absolute atomic E-state index is 0.0645. The zero-order valence-electron chi connectivity index (χ0n) is 12.9. The van der Waals surface area contributed by atoms with E-state index in [1.54, 1.807) is 7.11 Å². The summed E-state index contributed by atoms with van der Waals surface area (Å²) in [6, 6.07) is 9.50. The first kappa shape index (κ1) is 16.2. The fraction of sp³-hybridized carbons (Fsp3) is 0.438. The summed E-state index contributed by atoms with van der Waals surface area (Å²) in [5.41, 5.74) is 1.37. The molecule has 1 aromatic rings. The predicted octanol–water partition coefficient (Wildman–Crippen LogP) is 1.32. The van der Waals surface area contributed by atoms with Crippen LogP contribution in [-0.4, -0.2) is 42.3 Å². The number of ether oxygens (including phenoxy) is 1. The molecule has 0 aliphatic carbocycles. The Kier molecular flexibility index (Phi) is 5.66. The Hall–Kier alpha value is -2.21. The van der Waals surface area contributed by atoms with Gasteiger partial charge >= 0.3 is 0 Å². The van der Waals surface area contributed by atoms with E-state index in [4.69, 9.17) is 4.74 Å². The molecule has 0 aromatic heterocycles. The van der Waals surface area contributed by atoms with Gasteiger partial charge in [0.1, 0.15) is 5.71 Å². The second-order valence-corrected chi connectivity index (χ2v) is 5.31. The summed E-state index contributed by atoms with van der Waals surface area (Å²) < 4.78 is 4.99. The van der Waals surface area contributed by atoms with Crippen LogP contribution in [0.5, 0.6) is 0 Å². The third-order valence-electron chi connectivity index (χ3n) is 3.34. The van der Waals surface area contributed by atoms with Gasteiger partial charge in [-0.25, -0.2) is 5.01 Å². The summed E-state index contributed by atoms with van der Waals surface area (Å²) in [6.45, 7) is 2.67. The van der Waals surface area contributed by atoms with Crippen LogP contribution in [0.4, 0.5) is 0 Å². The van der Waals surface area contributed by atoms with Crippen LogP contribution in [0.25, 0.3) is 0 Å². The van der Waals surface area contributed by atoms with E-state index in [2.05, 4.69) is 10.4 Å². The molecule has 1 aromatic carbocycles. The molecule has 2 rings (SSSR count).